The van der Waals surface area contributed by atoms with Crippen LogP contribution in [-0.2, 0) is 25.8 Å². The zero-order valence-corrected chi connectivity index (χ0v) is 18.2. The Balaban J connectivity index is 1.33. The highest BCUT2D eigenvalue weighted by Gasteiger charge is 2.49. The zero-order chi connectivity index (χ0) is 22.6. The molecule has 4 rings (SSSR count). The molecule has 13 nitrogen and oxygen atoms in total. The molecule has 14 heteroatoms. The molecule has 3 saturated heterocycles. The molecule has 4 heterocycles. The minimum absolute atomic E-state index is 0.170. The van der Waals surface area contributed by atoms with Crippen LogP contribution in [0.3, 0.4) is 0 Å². The Bertz CT molecular complexity index is 967. The SMILES string of the molecule is CC(C)(C)OC(=O)N1CC(Cc2nnc([C@@H]3CC[C@@H]4CN3C(=O)N4OS(=O)(=O)O)o2)C1. The summed E-state index contributed by atoms with van der Waals surface area (Å²) < 4.78 is 46.4. The average Bonchev–Trinajstić information content (AvgIpc) is 3.15. The summed E-state index contributed by atoms with van der Waals surface area (Å²) in [6.45, 7) is 6.73. The minimum Gasteiger partial charge on any atom is -0.444 e. The third kappa shape index (κ3) is 4.75. The number of fused-ring (bicyclic) bond motifs is 2. The van der Waals surface area contributed by atoms with Crippen LogP contribution < -0.4 is 0 Å². The van der Waals surface area contributed by atoms with E-state index >= 15 is 0 Å². The van der Waals surface area contributed by atoms with Crippen molar-refractivity contribution in [1.29, 1.82) is 0 Å². The second-order valence-electron chi connectivity index (χ2n) is 9.00. The fourth-order valence-corrected chi connectivity index (χ4v) is 4.38. The molecule has 1 N–H and O–H groups in total. The molecule has 0 radical (unpaired) electrons. The van der Waals surface area contributed by atoms with E-state index in [0.717, 1.165) is 0 Å². The van der Waals surface area contributed by atoms with Crippen LogP contribution in [0.15, 0.2) is 4.42 Å². The van der Waals surface area contributed by atoms with Gasteiger partial charge in [-0.1, -0.05) is 0 Å². The van der Waals surface area contributed by atoms with Crippen molar-refractivity contribution in [3.8, 4) is 0 Å². The first-order valence-electron chi connectivity index (χ1n) is 9.96. The predicted molar refractivity (Wildman–Crippen MR) is 102 cm³/mol. The third-order valence-electron chi connectivity index (χ3n) is 5.34. The molecule has 172 valence electrons. The molecular formula is C17H25N5O8S. The highest BCUT2D eigenvalue weighted by Crippen LogP contribution is 2.38. The number of piperidine rings is 1. The van der Waals surface area contributed by atoms with E-state index in [0.29, 0.717) is 43.3 Å². The number of hydrogen-bond donors (Lipinski definition) is 1. The average molecular weight is 459 g/mol. The number of aromatic nitrogens is 2. The van der Waals surface area contributed by atoms with E-state index in [-0.39, 0.29) is 24.4 Å². The molecule has 1 aromatic rings. The van der Waals surface area contributed by atoms with Crippen molar-refractivity contribution in [2.24, 2.45) is 5.92 Å². The van der Waals surface area contributed by atoms with Gasteiger partial charge in [0.15, 0.2) is 0 Å². The highest BCUT2D eigenvalue weighted by atomic mass is 32.3. The van der Waals surface area contributed by atoms with Crippen molar-refractivity contribution in [3.63, 3.8) is 0 Å². The van der Waals surface area contributed by atoms with Gasteiger partial charge in [-0.2, -0.15) is 13.5 Å². The smallest absolute Gasteiger partial charge is 0.418 e. The van der Waals surface area contributed by atoms with Crippen LogP contribution in [0.25, 0.3) is 0 Å². The Morgan fingerprint density at radius 3 is 2.58 bits per heavy atom. The molecule has 0 aromatic carbocycles. The van der Waals surface area contributed by atoms with Crippen molar-refractivity contribution < 1.29 is 36.0 Å². The summed E-state index contributed by atoms with van der Waals surface area (Å²) in [6, 6.07) is -1.67. The van der Waals surface area contributed by atoms with Crippen molar-refractivity contribution in [1.82, 2.24) is 25.1 Å². The highest BCUT2D eigenvalue weighted by molar-refractivity contribution is 7.80. The van der Waals surface area contributed by atoms with Gasteiger partial charge in [-0.05, 0) is 33.6 Å². The Morgan fingerprint density at radius 2 is 1.94 bits per heavy atom. The lowest BCUT2D eigenvalue weighted by atomic mass is 9.97. The van der Waals surface area contributed by atoms with Crippen LogP contribution in [0.5, 0.6) is 0 Å². The normalized spacial score (nSPS) is 24.5. The van der Waals surface area contributed by atoms with E-state index in [9.17, 15) is 18.0 Å². The summed E-state index contributed by atoms with van der Waals surface area (Å²) >= 11 is 0. The lowest BCUT2D eigenvalue weighted by Crippen LogP contribution is -2.52. The maximum atomic E-state index is 12.5. The Kier molecular flexibility index (Phi) is 5.34. The van der Waals surface area contributed by atoms with E-state index < -0.39 is 34.1 Å². The fourth-order valence-electron chi connectivity index (χ4n) is 3.99. The number of carbonyl (C=O) groups is 2. The van der Waals surface area contributed by atoms with Crippen molar-refractivity contribution in [2.45, 2.75) is 57.7 Å². The predicted octanol–water partition coefficient (Wildman–Crippen LogP) is 1.15. The number of hydrogen-bond acceptors (Lipinski definition) is 9. The van der Waals surface area contributed by atoms with E-state index in [1.165, 1.54) is 4.90 Å². The molecule has 31 heavy (non-hydrogen) atoms. The van der Waals surface area contributed by atoms with Crippen LogP contribution in [0.2, 0.25) is 0 Å². The second kappa shape index (κ2) is 7.60. The van der Waals surface area contributed by atoms with E-state index in [2.05, 4.69) is 14.5 Å². The van der Waals surface area contributed by atoms with E-state index in [1.807, 2.05) is 20.8 Å². The van der Waals surface area contributed by atoms with Crippen LogP contribution in [0.4, 0.5) is 9.59 Å². The van der Waals surface area contributed by atoms with E-state index in [4.69, 9.17) is 13.7 Å². The van der Waals surface area contributed by atoms with Gasteiger partial charge in [-0.25, -0.2) is 9.59 Å². The number of amides is 3. The molecule has 2 atom stereocenters. The first-order valence-corrected chi connectivity index (χ1v) is 11.3. The van der Waals surface area contributed by atoms with Crippen molar-refractivity contribution in [2.75, 3.05) is 19.6 Å². The number of carbonyl (C=O) groups excluding carboxylic acids is 2. The molecule has 1 aromatic heterocycles. The maximum absolute atomic E-state index is 12.5. The molecule has 3 amide bonds. The summed E-state index contributed by atoms with van der Waals surface area (Å²) in [7, 11) is -4.80. The molecule has 0 spiro atoms. The monoisotopic (exact) mass is 459 g/mol. The van der Waals surface area contributed by atoms with E-state index in [1.54, 1.807) is 4.90 Å². The minimum atomic E-state index is -4.80. The van der Waals surface area contributed by atoms with Gasteiger partial charge in [0.05, 0.1) is 6.04 Å². The molecule has 0 unspecified atom stereocenters. The fraction of sp³-hybridized carbons (Fsp3) is 0.765. The van der Waals surface area contributed by atoms with Gasteiger partial charge in [0, 0.05) is 32.0 Å². The Hall–Kier alpha value is -2.45. The van der Waals surface area contributed by atoms with Gasteiger partial charge in [0.25, 0.3) is 0 Å². The van der Waals surface area contributed by atoms with Gasteiger partial charge in [-0.15, -0.1) is 14.5 Å². The van der Waals surface area contributed by atoms with Crippen LogP contribution in [-0.4, -0.2) is 81.4 Å². The number of hydroxylamine groups is 2. The van der Waals surface area contributed by atoms with Gasteiger partial charge in [-0.3, -0.25) is 4.55 Å². The lowest BCUT2D eigenvalue weighted by Gasteiger charge is -2.39. The Labute approximate surface area is 179 Å². The van der Waals surface area contributed by atoms with Gasteiger partial charge >= 0.3 is 22.5 Å². The molecule has 3 aliphatic heterocycles. The molecule has 3 fully saturated rings. The molecule has 2 bridgehead atoms. The summed E-state index contributed by atoms with van der Waals surface area (Å²) in [5.74, 6) is 0.839. The van der Waals surface area contributed by atoms with Crippen molar-refractivity contribution in [3.05, 3.63) is 11.8 Å². The molecular weight excluding hydrogens is 434 g/mol. The lowest BCUT2D eigenvalue weighted by molar-refractivity contribution is -0.0317. The standard InChI is InChI=1S/C17H25N5O8S/c1-17(2,3)29-16(24)20-7-10(8-20)6-13-18-19-14(28-13)12-5-4-11-9-21(12)15(23)22(11)30-31(25,26)27/h10-12H,4-9H2,1-3H3,(H,25,26,27)/t11-,12+/m1/s1. The van der Waals surface area contributed by atoms with Crippen LogP contribution in [0.1, 0.15) is 51.4 Å². The summed E-state index contributed by atoms with van der Waals surface area (Å²) in [5, 5.41) is 8.79. The molecule has 0 aliphatic carbocycles. The molecule has 0 saturated carbocycles. The zero-order valence-electron chi connectivity index (χ0n) is 17.4. The van der Waals surface area contributed by atoms with Crippen LogP contribution >= 0.6 is 0 Å². The maximum Gasteiger partial charge on any atom is 0.418 e. The first-order chi connectivity index (χ1) is 14.4. The number of rotatable bonds is 5. The number of urea groups is 1. The number of ether oxygens (including phenoxy) is 1. The summed E-state index contributed by atoms with van der Waals surface area (Å²) in [4.78, 5) is 27.5. The van der Waals surface area contributed by atoms with Gasteiger partial charge in [0.2, 0.25) is 11.8 Å². The molecule has 3 aliphatic rings. The quantitative estimate of drug-likeness (QED) is 0.634. The topological polar surface area (TPSA) is 156 Å². The largest absolute Gasteiger partial charge is 0.444 e. The van der Waals surface area contributed by atoms with Gasteiger partial charge in [0.1, 0.15) is 11.6 Å². The summed E-state index contributed by atoms with van der Waals surface area (Å²) in [6.07, 6.45) is 1.08. The second-order valence-corrected chi connectivity index (χ2v) is 10.0. The number of nitrogens with zero attached hydrogens (tertiary/aromatic N) is 5. The van der Waals surface area contributed by atoms with Crippen LogP contribution in [0, 0.1) is 5.92 Å². The number of likely N-dealkylation sites (tertiary alicyclic amines) is 1. The van der Waals surface area contributed by atoms with Crippen molar-refractivity contribution >= 4 is 22.5 Å². The van der Waals surface area contributed by atoms with Gasteiger partial charge < -0.3 is 19.0 Å². The first kappa shape index (κ1) is 21.8. The third-order valence-corrected chi connectivity index (χ3v) is 5.69. The summed E-state index contributed by atoms with van der Waals surface area (Å²) in [5.41, 5.74) is -0.544. The Morgan fingerprint density at radius 1 is 1.23 bits per heavy atom.